The Morgan fingerprint density at radius 1 is 1.18 bits per heavy atom. The summed E-state index contributed by atoms with van der Waals surface area (Å²) >= 11 is 0. The second kappa shape index (κ2) is 6.78. The molecule has 4 N–H and O–H groups in total. The summed E-state index contributed by atoms with van der Waals surface area (Å²) in [7, 11) is -3.71. The van der Waals surface area contributed by atoms with Crippen LogP contribution in [0.15, 0.2) is 12.1 Å². The van der Waals surface area contributed by atoms with E-state index < -0.39 is 16.1 Å². The number of benzene rings is 1. The van der Waals surface area contributed by atoms with E-state index in [0.717, 1.165) is 30.4 Å². The van der Waals surface area contributed by atoms with Crippen molar-refractivity contribution < 1.29 is 12.8 Å². The van der Waals surface area contributed by atoms with E-state index in [4.69, 9.17) is 10.9 Å². The van der Waals surface area contributed by atoms with E-state index >= 15 is 0 Å². The van der Waals surface area contributed by atoms with Crippen LogP contribution in [-0.2, 0) is 35.8 Å². The van der Waals surface area contributed by atoms with Gasteiger partial charge in [0.1, 0.15) is 5.82 Å². The summed E-state index contributed by atoms with van der Waals surface area (Å²) in [5.74, 6) is 0.148. The molecule has 0 saturated carbocycles. The van der Waals surface area contributed by atoms with Gasteiger partial charge < -0.3 is 10.3 Å². The number of nitrogens with two attached hydrogens (primary N) is 2. The molecule has 0 radical (unpaired) electrons. The third-order valence-electron chi connectivity index (χ3n) is 5.17. The zero-order chi connectivity index (χ0) is 20.1. The maximum atomic E-state index is 13.7. The van der Waals surface area contributed by atoms with Crippen molar-refractivity contribution in [3.63, 3.8) is 0 Å². The van der Waals surface area contributed by atoms with Crippen molar-refractivity contribution in [1.82, 2.24) is 19.5 Å². The normalized spacial score (nSPS) is 14.0. The molecule has 8 nitrogen and oxygen atoms in total. The van der Waals surface area contributed by atoms with Crippen LogP contribution >= 0.6 is 0 Å². The molecule has 4 rings (SSSR count). The molecule has 2 heterocycles. The first-order chi connectivity index (χ1) is 13.2. The summed E-state index contributed by atoms with van der Waals surface area (Å²) in [4.78, 5) is 11.8. The van der Waals surface area contributed by atoms with Crippen LogP contribution in [0.1, 0.15) is 34.5 Å². The second-order valence-electron chi connectivity index (χ2n) is 7.17. The van der Waals surface area contributed by atoms with Crippen LogP contribution in [0.5, 0.6) is 0 Å². The molecule has 10 heteroatoms. The van der Waals surface area contributed by atoms with E-state index in [0.29, 0.717) is 12.2 Å². The van der Waals surface area contributed by atoms with Gasteiger partial charge in [-0.05, 0) is 48.4 Å². The number of anilines is 1. The third kappa shape index (κ3) is 3.57. The fraction of sp³-hybridized carbons (Fsp3) is 0.389. The minimum atomic E-state index is -3.71. The quantitative estimate of drug-likeness (QED) is 0.615. The van der Waals surface area contributed by atoms with Crippen molar-refractivity contribution in [2.24, 2.45) is 5.14 Å². The lowest BCUT2D eigenvalue weighted by Gasteiger charge is -2.11. The van der Waals surface area contributed by atoms with E-state index in [2.05, 4.69) is 27.1 Å². The Balaban J connectivity index is 1.80. The fourth-order valence-electron chi connectivity index (χ4n) is 3.79. The molecule has 0 spiro atoms. The summed E-state index contributed by atoms with van der Waals surface area (Å²) in [5, 5.41) is 5.15. The smallest absolute Gasteiger partial charge is 0.312 e. The molecular formula is C18H21FN6O2S. The van der Waals surface area contributed by atoms with Gasteiger partial charge in [0.2, 0.25) is 10.0 Å². The average molecular weight is 404 g/mol. The highest BCUT2D eigenvalue weighted by molar-refractivity contribution is 7.89. The van der Waals surface area contributed by atoms with Crippen LogP contribution < -0.4 is 10.9 Å². The highest BCUT2D eigenvalue weighted by Gasteiger charge is 2.20. The number of aromatic nitrogens is 4. The van der Waals surface area contributed by atoms with Gasteiger partial charge in [0.15, 0.2) is 17.0 Å². The van der Waals surface area contributed by atoms with Gasteiger partial charge in [-0.1, -0.05) is 12.1 Å². The second-order valence-corrected chi connectivity index (χ2v) is 8.91. The minimum Gasteiger partial charge on any atom is -0.382 e. The first-order valence-electron chi connectivity index (χ1n) is 9.01. The van der Waals surface area contributed by atoms with Crippen molar-refractivity contribution in [3.05, 3.63) is 46.3 Å². The van der Waals surface area contributed by atoms with Gasteiger partial charge in [0, 0.05) is 13.0 Å². The highest BCUT2D eigenvalue weighted by Crippen LogP contribution is 2.28. The zero-order valence-electron chi connectivity index (χ0n) is 15.4. The lowest BCUT2D eigenvalue weighted by Crippen LogP contribution is -2.21. The summed E-state index contributed by atoms with van der Waals surface area (Å²) in [5.41, 5.74) is 11.2. The Labute approximate surface area is 161 Å². The van der Waals surface area contributed by atoms with Gasteiger partial charge in [0.05, 0.1) is 5.75 Å². The lowest BCUT2D eigenvalue weighted by atomic mass is 9.98. The molecule has 3 aromatic rings. The van der Waals surface area contributed by atoms with Crippen LogP contribution in [0.25, 0.3) is 11.2 Å². The predicted molar refractivity (Wildman–Crippen MR) is 104 cm³/mol. The van der Waals surface area contributed by atoms with E-state index in [-0.39, 0.29) is 29.3 Å². The van der Waals surface area contributed by atoms with Crippen molar-refractivity contribution in [1.29, 1.82) is 0 Å². The fourth-order valence-corrected chi connectivity index (χ4v) is 4.22. The molecule has 1 aliphatic rings. The standard InChI is InChI=1S/C18H21FN6O2S/c1-10-7-11-3-2-4-12(11)8-13(10)9-14-22-15-16(20)23-18(19)24-17(15)25(14)5-6-28(21,26)27/h7-8H,2-6,9H2,1H3,(H2,20,23,24)(H2,21,26,27). The van der Waals surface area contributed by atoms with Gasteiger partial charge in [0.25, 0.3) is 0 Å². The van der Waals surface area contributed by atoms with Crippen molar-refractivity contribution >= 4 is 27.0 Å². The maximum absolute atomic E-state index is 13.7. The molecule has 1 aliphatic carbocycles. The number of nitrogens with zero attached hydrogens (tertiary/aromatic N) is 4. The van der Waals surface area contributed by atoms with E-state index in [9.17, 15) is 12.8 Å². The minimum absolute atomic E-state index is 0.00451. The van der Waals surface area contributed by atoms with Crippen molar-refractivity contribution in [2.75, 3.05) is 11.5 Å². The van der Waals surface area contributed by atoms with E-state index in [1.807, 2.05) is 6.92 Å². The average Bonchev–Trinajstić information content (AvgIpc) is 3.17. The number of fused-ring (bicyclic) bond motifs is 2. The van der Waals surface area contributed by atoms with E-state index in [1.54, 1.807) is 4.57 Å². The molecule has 0 amide bonds. The molecule has 28 heavy (non-hydrogen) atoms. The van der Waals surface area contributed by atoms with Gasteiger partial charge in [-0.2, -0.15) is 14.4 Å². The summed E-state index contributed by atoms with van der Waals surface area (Å²) in [6.07, 6.45) is 2.75. The first kappa shape index (κ1) is 18.8. The van der Waals surface area contributed by atoms with Gasteiger partial charge in [-0.15, -0.1) is 0 Å². The SMILES string of the molecule is Cc1cc2c(cc1Cc1nc3c(N)nc(F)nc3n1CCS(N)(=O)=O)CCC2. The maximum Gasteiger partial charge on any atom is 0.312 e. The summed E-state index contributed by atoms with van der Waals surface area (Å²) < 4.78 is 38.2. The number of hydrogen-bond donors (Lipinski definition) is 2. The number of aryl methyl sites for hydroxylation is 4. The Morgan fingerprint density at radius 2 is 1.89 bits per heavy atom. The highest BCUT2D eigenvalue weighted by atomic mass is 32.2. The molecule has 148 valence electrons. The van der Waals surface area contributed by atoms with Gasteiger partial charge in [-0.25, -0.2) is 18.5 Å². The van der Waals surface area contributed by atoms with Crippen LogP contribution in [0.4, 0.5) is 10.2 Å². The third-order valence-corrected chi connectivity index (χ3v) is 5.92. The number of primary sulfonamides is 1. The molecule has 0 fully saturated rings. The number of nitrogen functional groups attached to an aromatic ring is 1. The van der Waals surface area contributed by atoms with Crippen LogP contribution in [0.2, 0.25) is 0 Å². The van der Waals surface area contributed by atoms with Crippen LogP contribution in [-0.4, -0.2) is 33.7 Å². The summed E-state index contributed by atoms with van der Waals surface area (Å²) in [6.45, 7) is 2.05. The Hall–Kier alpha value is -2.59. The zero-order valence-corrected chi connectivity index (χ0v) is 16.3. The van der Waals surface area contributed by atoms with Gasteiger partial charge >= 0.3 is 6.08 Å². The monoisotopic (exact) mass is 404 g/mol. The number of halogens is 1. The molecule has 0 bridgehead atoms. The lowest BCUT2D eigenvalue weighted by molar-refractivity contribution is 0.542. The molecule has 0 unspecified atom stereocenters. The number of hydrogen-bond acceptors (Lipinski definition) is 6. The Kier molecular flexibility index (Phi) is 4.54. The first-order valence-corrected chi connectivity index (χ1v) is 10.7. The number of rotatable bonds is 5. The van der Waals surface area contributed by atoms with Crippen molar-refractivity contribution in [2.45, 2.75) is 39.2 Å². The molecule has 1 aromatic carbocycles. The molecular weight excluding hydrogens is 383 g/mol. The van der Waals surface area contributed by atoms with Gasteiger partial charge in [-0.3, -0.25) is 0 Å². The Morgan fingerprint density at radius 3 is 2.61 bits per heavy atom. The molecule has 0 aliphatic heterocycles. The Bertz CT molecular complexity index is 1190. The van der Waals surface area contributed by atoms with Crippen LogP contribution in [0.3, 0.4) is 0 Å². The van der Waals surface area contributed by atoms with Crippen LogP contribution in [0, 0.1) is 13.0 Å². The molecule has 0 atom stereocenters. The number of imidazole rings is 1. The summed E-state index contributed by atoms with van der Waals surface area (Å²) in [6, 6.07) is 4.37. The number of sulfonamides is 1. The largest absolute Gasteiger partial charge is 0.382 e. The molecule has 2 aromatic heterocycles. The van der Waals surface area contributed by atoms with E-state index in [1.165, 1.54) is 11.1 Å². The topological polar surface area (TPSA) is 130 Å². The van der Waals surface area contributed by atoms with Crippen molar-refractivity contribution in [3.8, 4) is 0 Å². The predicted octanol–water partition coefficient (Wildman–Crippen LogP) is 1.22. The molecule has 0 saturated heterocycles.